The van der Waals surface area contributed by atoms with Crippen LogP contribution in [0.3, 0.4) is 0 Å². The minimum Gasteiger partial charge on any atom is -0.355 e. The highest BCUT2D eigenvalue weighted by Crippen LogP contribution is 2.21. The molecular formula is C18H18N6O. The first-order valence-corrected chi connectivity index (χ1v) is 8.14. The predicted octanol–water partition coefficient (Wildman–Crippen LogP) is 1.86. The van der Waals surface area contributed by atoms with Crippen LogP contribution in [0.5, 0.6) is 0 Å². The number of pyridine rings is 1. The van der Waals surface area contributed by atoms with Gasteiger partial charge in [-0.2, -0.15) is 0 Å². The van der Waals surface area contributed by atoms with Crippen molar-refractivity contribution >= 4 is 28.6 Å². The lowest BCUT2D eigenvalue weighted by Crippen LogP contribution is -2.33. The first-order valence-electron chi connectivity index (χ1n) is 8.14. The Morgan fingerprint density at radius 2 is 2.04 bits per heavy atom. The molecule has 126 valence electrons. The Morgan fingerprint density at radius 1 is 1.16 bits per heavy atom. The van der Waals surface area contributed by atoms with Crippen LogP contribution in [0.15, 0.2) is 53.8 Å². The number of carbonyl (C=O) groups is 1. The summed E-state index contributed by atoms with van der Waals surface area (Å²) in [5.74, 6) is 0.685. The fourth-order valence-electron chi connectivity index (χ4n) is 2.74. The van der Waals surface area contributed by atoms with Crippen LogP contribution in [-0.4, -0.2) is 34.9 Å². The summed E-state index contributed by atoms with van der Waals surface area (Å²) in [5, 5.41) is 10.2. The number of amides is 1. The van der Waals surface area contributed by atoms with Gasteiger partial charge in [0, 0.05) is 36.4 Å². The van der Waals surface area contributed by atoms with Crippen molar-refractivity contribution in [3.63, 3.8) is 0 Å². The molecule has 3 heterocycles. The zero-order valence-electron chi connectivity index (χ0n) is 13.5. The van der Waals surface area contributed by atoms with Gasteiger partial charge < -0.3 is 20.9 Å². The first kappa shape index (κ1) is 15.2. The highest BCUT2D eigenvalue weighted by atomic mass is 16.1. The van der Waals surface area contributed by atoms with Gasteiger partial charge in [-0.25, -0.2) is 4.98 Å². The summed E-state index contributed by atoms with van der Waals surface area (Å²) >= 11 is 0. The quantitative estimate of drug-likeness (QED) is 0.586. The van der Waals surface area contributed by atoms with Gasteiger partial charge in [-0.3, -0.25) is 9.79 Å². The fraction of sp³-hybridized carbons (Fsp3) is 0.167. The van der Waals surface area contributed by atoms with Gasteiger partial charge in [-0.15, -0.1) is 0 Å². The Bertz CT molecular complexity index is 928. The molecular weight excluding hydrogens is 316 g/mol. The number of benzene rings is 1. The number of guanidine groups is 1. The number of nitrogens with zero attached hydrogens (tertiary/aromatic N) is 2. The van der Waals surface area contributed by atoms with Crippen molar-refractivity contribution in [2.24, 2.45) is 4.99 Å². The molecule has 2 aromatic heterocycles. The van der Waals surface area contributed by atoms with E-state index in [9.17, 15) is 4.79 Å². The molecule has 0 aliphatic carbocycles. The third kappa shape index (κ3) is 3.30. The zero-order valence-corrected chi connectivity index (χ0v) is 13.5. The van der Waals surface area contributed by atoms with Crippen molar-refractivity contribution in [1.29, 1.82) is 0 Å². The molecule has 4 N–H and O–H groups in total. The lowest BCUT2D eigenvalue weighted by Gasteiger charge is -2.09. The van der Waals surface area contributed by atoms with Crippen molar-refractivity contribution in [2.45, 2.75) is 6.54 Å². The van der Waals surface area contributed by atoms with Crippen LogP contribution in [0.25, 0.3) is 11.0 Å². The number of rotatable bonds is 4. The van der Waals surface area contributed by atoms with Gasteiger partial charge in [-0.05, 0) is 29.8 Å². The second-order valence-electron chi connectivity index (χ2n) is 5.76. The Kier molecular flexibility index (Phi) is 4.04. The predicted molar refractivity (Wildman–Crippen MR) is 97.6 cm³/mol. The van der Waals surface area contributed by atoms with Crippen LogP contribution in [0.2, 0.25) is 0 Å². The lowest BCUT2D eigenvalue weighted by atomic mass is 10.1. The fourth-order valence-corrected chi connectivity index (χ4v) is 2.74. The maximum atomic E-state index is 12.5. The first-order chi connectivity index (χ1) is 12.3. The molecule has 3 aromatic rings. The summed E-state index contributed by atoms with van der Waals surface area (Å²) in [7, 11) is 0. The molecule has 0 radical (unpaired) electrons. The van der Waals surface area contributed by atoms with E-state index in [1.54, 1.807) is 18.5 Å². The van der Waals surface area contributed by atoms with Gasteiger partial charge in [0.2, 0.25) is 0 Å². The van der Waals surface area contributed by atoms with Crippen LogP contribution >= 0.6 is 0 Å². The third-order valence-corrected chi connectivity index (χ3v) is 4.06. The van der Waals surface area contributed by atoms with E-state index in [0.29, 0.717) is 12.1 Å². The van der Waals surface area contributed by atoms with E-state index in [4.69, 9.17) is 0 Å². The average Bonchev–Trinajstić information content (AvgIpc) is 3.32. The molecule has 1 amide bonds. The van der Waals surface area contributed by atoms with Crippen LogP contribution < -0.4 is 16.0 Å². The summed E-state index contributed by atoms with van der Waals surface area (Å²) in [6.45, 7) is 2.36. The van der Waals surface area contributed by atoms with E-state index in [2.05, 4.69) is 30.9 Å². The molecule has 25 heavy (non-hydrogen) atoms. The van der Waals surface area contributed by atoms with E-state index in [1.165, 1.54) is 0 Å². The van der Waals surface area contributed by atoms with Gasteiger partial charge in [-0.1, -0.05) is 12.1 Å². The molecule has 0 fully saturated rings. The molecule has 1 aliphatic heterocycles. The van der Waals surface area contributed by atoms with Crippen molar-refractivity contribution in [3.8, 4) is 0 Å². The minimum atomic E-state index is -0.143. The van der Waals surface area contributed by atoms with Gasteiger partial charge in [0.15, 0.2) is 5.96 Å². The number of nitrogens with one attached hydrogen (secondary N) is 4. The maximum absolute atomic E-state index is 12.5. The van der Waals surface area contributed by atoms with Crippen molar-refractivity contribution in [1.82, 2.24) is 20.6 Å². The van der Waals surface area contributed by atoms with Gasteiger partial charge in [0.05, 0.1) is 12.2 Å². The van der Waals surface area contributed by atoms with Crippen molar-refractivity contribution in [3.05, 3.63) is 59.9 Å². The molecule has 7 heteroatoms. The van der Waals surface area contributed by atoms with Crippen LogP contribution in [0.1, 0.15) is 15.9 Å². The van der Waals surface area contributed by atoms with Crippen LogP contribution in [-0.2, 0) is 6.54 Å². The van der Waals surface area contributed by atoms with Gasteiger partial charge in [0.25, 0.3) is 5.91 Å². The van der Waals surface area contributed by atoms with Gasteiger partial charge >= 0.3 is 0 Å². The Hall–Kier alpha value is -3.35. The molecule has 0 spiro atoms. The number of hydrogen-bond acceptors (Lipinski definition) is 5. The molecule has 1 aromatic carbocycles. The number of aromatic nitrogens is 2. The zero-order chi connectivity index (χ0) is 17.1. The second kappa shape index (κ2) is 6.64. The summed E-state index contributed by atoms with van der Waals surface area (Å²) in [6, 6.07) is 11.2. The van der Waals surface area contributed by atoms with Gasteiger partial charge in [0.1, 0.15) is 5.65 Å². The van der Waals surface area contributed by atoms with Crippen LogP contribution in [0, 0.1) is 0 Å². The topological polar surface area (TPSA) is 94.2 Å². The molecule has 0 saturated heterocycles. The van der Waals surface area contributed by atoms with E-state index >= 15 is 0 Å². The smallest absolute Gasteiger partial charge is 0.255 e. The van der Waals surface area contributed by atoms with E-state index in [1.807, 2.05) is 30.3 Å². The van der Waals surface area contributed by atoms with Crippen molar-refractivity contribution in [2.75, 3.05) is 18.4 Å². The molecule has 0 atom stereocenters. The minimum absolute atomic E-state index is 0.143. The molecule has 1 aliphatic rings. The van der Waals surface area contributed by atoms with E-state index < -0.39 is 0 Å². The highest BCUT2D eigenvalue weighted by Gasteiger charge is 2.10. The summed E-state index contributed by atoms with van der Waals surface area (Å²) in [6.07, 6.45) is 3.47. The molecule has 0 unspecified atom stereocenters. The SMILES string of the molecule is O=C(Nc1ccnc2[nH]ccc12)c1ccc(CNC2=NCCN2)cc1. The molecule has 7 nitrogen and oxygen atoms in total. The number of carbonyl (C=O) groups excluding carboxylic acids is 1. The van der Waals surface area contributed by atoms with Crippen molar-refractivity contribution < 1.29 is 4.79 Å². The normalized spacial score (nSPS) is 13.4. The Labute approximate surface area is 144 Å². The number of fused-ring (bicyclic) bond motifs is 1. The van der Waals surface area contributed by atoms with Crippen LogP contribution in [0.4, 0.5) is 5.69 Å². The largest absolute Gasteiger partial charge is 0.355 e. The third-order valence-electron chi connectivity index (χ3n) is 4.06. The summed E-state index contributed by atoms with van der Waals surface area (Å²) in [4.78, 5) is 24.0. The number of H-pyrrole nitrogens is 1. The average molecular weight is 334 g/mol. The standard InChI is InChI=1S/C18H18N6O/c25-17(24-15-6-8-20-16-14(15)5-7-19-16)13-3-1-12(2-4-13)11-23-18-21-9-10-22-18/h1-8H,9-11H2,(H2,21,22,23)(H2,19,20,24,25). The molecule has 4 rings (SSSR count). The number of anilines is 1. The number of aromatic amines is 1. The summed E-state index contributed by atoms with van der Waals surface area (Å²) in [5.41, 5.74) is 3.19. The Morgan fingerprint density at radius 3 is 2.84 bits per heavy atom. The lowest BCUT2D eigenvalue weighted by molar-refractivity contribution is 0.102. The van der Waals surface area contributed by atoms with E-state index in [-0.39, 0.29) is 5.91 Å². The maximum Gasteiger partial charge on any atom is 0.255 e. The number of aliphatic imine (C=N–C) groups is 1. The highest BCUT2D eigenvalue weighted by molar-refractivity contribution is 6.08. The number of hydrogen-bond donors (Lipinski definition) is 4. The molecule has 0 bridgehead atoms. The monoisotopic (exact) mass is 334 g/mol. The van der Waals surface area contributed by atoms with E-state index in [0.717, 1.165) is 41.3 Å². The Balaban J connectivity index is 1.42. The second-order valence-corrected chi connectivity index (χ2v) is 5.76. The summed E-state index contributed by atoms with van der Waals surface area (Å²) < 4.78 is 0. The molecule has 0 saturated carbocycles.